The summed E-state index contributed by atoms with van der Waals surface area (Å²) in [7, 11) is -4.30. The highest BCUT2D eigenvalue weighted by molar-refractivity contribution is 7.86. The van der Waals surface area contributed by atoms with Crippen molar-refractivity contribution in [3.05, 3.63) is 52.5 Å². The summed E-state index contributed by atoms with van der Waals surface area (Å²) in [6.07, 6.45) is 0. The van der Waals surface area contributed by atoms with Crippen LogP contribution in [-0.4, -0.2) is 13.0 Å². The molecular formula is C12H8Cl2O3S. The van der Waals surface area contributed by atoms with E-state index in [1.165, 1.54) is 18.2 Å². The summed E-state index contributed by atoms with van der Waals surface area (Å²) in [5.41, 5.74) is 0.941. The Morgan fingerprint density at radius 3 is 2.00 bits per heavy atom. The third kappa shape index (κ3) is 2.84. The molecule has 0 aliphatic rings. The number of benzene rings is 2. The van der Waals surface area contributed by atoms with Gasteiger partial charge in [-0.1, -0.05) is 35.3 Å². The van der Waals surface area contributed by atoms with E-state index < -0.39 is 10.1 Å². The van der Waals surface area contributed by atoms with Gasteiger partial charge in [-0.25, -0.2) is 0 Å². The first-order chi connectivity index (χ1) is 8.38. The van der Waals surface area contributed by atoms with Gasteiger partial charge in [0.1, 0.15) is 4.90 Å². The Kier molecular flexibility index (Phi) is 3.64. The fraction of sp³-hybridized carbons (Fsp3) is 0. The van der Waals surface area contributed by atoms with Crippen LogP contribution in [0.2, 0.25) is 10.0 Å². The Hall–Kier alpha value is -1.07. The van der Waals surface area contributed by atoms with Crippen molar-refractivity contribution < 1.29 is 13.0 Å². The zero-order valence-electron chi connectivity index (χ0n) is 8.97. The fourth-order valence-corrected chi connectivity index (χ4v) is 2.57. The monoisotopic (exact) mass is 302 g/mol. The van der Waals surface area contributed by atoms with Gasteiger partial charge in [-0.15, -0.1) is 0 Å². The Bertz CT molecular complexity index is 679. The van der Waals surface area contributed by atoms with Gasteiger partial charge in [-0.3, -0.25) is 4.55 Å². The van der Waals surface area contributed by atoms with Gasteiger partial charge in [0, 0.05) is 15.6 Å². The number of hydrogen-bond acceptors (Lipinski definition) is 2. The molecule has 0 aliphatic carbocycles. The number of halogens is 2. The maximum absolute atomic E-state index is 11.3. The predicted molar refractivity (Wildman–Crippen MR) is 71.7 cm³/mol. The summed E-state index contributed by atoms with van der Waals surface area (Å²) in [5, 5.41) is 0.918. The largest absolute Gasteiger partial charge is 0.295 e. The summed E-state index contributed by atoms with van der Waals surface area (Å²) < 4.78 is 31.8. The van der Waals surface area contributed by atoms with Gasteiger partial charge in [0.15, 0.2) is 0 Å². The molecule has 1 N–H and O–H groups in total. The normalized spacial score (nSPS) is 11.5. The molecule has 0 heterocycles. The first-order valence-electron chi connectivity index (χ1n) is 4.91. The van der Waals surface area contributed by atoms with Crippen molar-refractivity contribution in [3.8, 4) is 11.1 Å². The van der Waals surface area contributed by atoms with Crippen molar-refractivity contribution in [2.45, 2.75) is 4.90 Å². The minimum absolute atomic E-state index is 0.186. The molecular weight excluding hydrogens is 295 g/mol. The molecule has 3 nitrogen and oxygen atoms in total. The van der Waals surface area contributed by atoms with E-state index in [4.69, 9.17) is 23.2 Å². The average molecular weight is 303 g/mol. The quantitative estimate of drug-likeness (QED) is 0.856. The van der Waals surface area contributed by atoms with Crippen molar-refractivity contribution in [1.82, 2.24) is 0 Å². The van der Waals surface area contributed by atoms with Gasteiger partial charge in [0.25, 0.3) is 10.1 Å². The van der Waals surface area contributed by atoms with Crippen LogP contribution in [0.5, 0.6) is 0 Å². The standard InChI is InChI=1S/C12H8Cl2O3S/c13-9-3-1-8(2-4-9)11-7-10(14)5-6-12(11)18(15,16)17/h1-7H,(H,15,16,17). The molecule has 0 saturated carbocycles. The molecule has 0 saturated heterocycles. The van der Waals surface area contributed by atoms with Crippen LogP contribution < -0.4 is 0 Å². The van der Waals surface area contributed by atoms with Gasteiger partial charge in [-0.05, 0) is 35.9 Å². The number of hydrogen-bond donors (Lipinski definition) is 1. The second kappa shape index (κ2) is 4.90. The smallest absolute Gasteiger partial charge is 0.282 e. The van der Waals surface area contributed by atoms with Gasteiger partial charge in [0.2, 0.25) is 0 Å². The maximum atomic E-state index is 11.3. The lowest BCUT2D eigenvalue weighted by molar-refractivity contribution is 0.483. The molecule has 2 aromatic carbocycles. The SMILES string of the molecule is O=S(=O)(O)c1ccc(Cl)cc1-c1ccc(Cl)cc1. The van der Waals surface area contributed by atoms with Crippen LogP contribution in [0.25, 0.3) is 11.1 Å². The highest BCUT2D eigenvalue weighted by Crippen LogP contribution is 2.30. The fourth-order valence-electron chi connectivity index (χ4n) is 1.58. The summed E-state index contributed by atoms with van der Waals surface area (Å²) >= 11 is 11.6. The molecule has 2 rings (SSSR count). The lowest BCUT2D eigenvalue weighted by Crippen LogP contribution is -2.00. The molecule has 0 fully saturated rings. The molecule has 2 aromatic rings. The predicted octanol–water partition coefficient (Wildman–Crippen LogP) is 3.91. The molecule has 0 unspecified atom stereocenters. The van der Waals surface area contributed by atoms with E-state index in [0.717, 1.165) is 0 Å². The first kappa shape index (κ1) is 13.4. The molecule has 0 radical (unpaired) electrons. The van der Waals surface area contributed by atoms with Crippen LogP contribution in [0.3, 0.4) is 0 Å². The Balaban J connectivity index is 2.69. The third-order valence-corrected chi connectivity index (χ3v) is 3.77. The molecule has 0 atom stereocenters. The van der Waals surface area contributed by atoms with Crippen LogP contribution in [-0.2, 0) is 10.1 Å². The second-order valence-corrected chi connectivity index (χ2v) is 5.89. The zero-order valence-corrected chi connectivity index (χ0v) is 11.3. The third-order valence-electron chi connectivity index (χ3n) is 2.37. The van der Waals surface area contributed by atoms with Gasteiger partial charge >= 0.3 is 0 Å². The van der Waals surface area contributed by atoms with E-state index in [1.54, 1.807) is 24.3 Å². The van der Waals surface area contributed by atoms with Crippen molar-refractivity contribution in [2.24, 2.45) is 0 Å². The van der Waals surface area contributed by atoms with Crippen LogP contribution >= 0.6 is 23.2 Å². The van der Waals surface area contributed by atoms with E-state index in [-0.39, 0.29) is 4.90 Å². The Labute approximate surface area is 115 Å². The highest BCUT2D eigenvalue weighted by Gasteiger charge is 2.16. The molecule has 6 heteroatoms. The zero-order chi connectivity index (χ0) is 13.3. The van der Waals surface area contributed by atoms with E-state index in [9.17, 15) is 13.0 Å². The summed E-state index contributed by atoms with van der Waals surface area (Å²) in [6.45, 7) is 0. The van der Waals surface area contributed by atoms with E-state index in [1.807, 2.05) is 0 Å². The van der Waals surface area contributed by atoms with Crippen molar-refractivity contribution in [2.75, 3.05) is 0 Å². The van der Waals surface area contributed by atoms with E-state index in [2.05, 4.69) is 0 Å². The van der Waals surface area contributed by atoms with Crippen LogP contribution in [0.1, 0.15) is 0 Å². The summed E-state index contributed by atoms with van der Waals surface area (Å²) in [4.78, 5) is -0.186. The topological polar surface area (TPSA) is 54.4 Å². The molecule has 0 bridgehead atoms. The Morgan fingerprint density at radius 1 is 0.889 bits per heavy atom. The second-order valence-electron chi connectivity index (χ2n) is 3.62. The van der Waals surface area contributed by atoms with Crippen LogP contribution in [0, 0.1) is 0 Å². The van der Waals surface area contributed by atoms with Crippen molar-refractivity contribution >= 4 is 33.3 Å². The average Bonchev–Trinajstić information content (AvgIpc) is 2.28. The highest BCUT2D eigenvalue weighted by atomic mass is 35.5. The van der Waals surface area contributed by atoms with E-state index in [0.29, 0.717) is 21.2 Å². The minimum atomic E-state index is -4.30. The molecule has 0 amide bonds. The lowest BCUT2D eigenvalue weighted by atomic mass is 10.1. The van der Waals surface area contributed by atoms with E-state index >= 15 is 0 Å². The lowest BCUT2D eigenvalue weighted by Gasteiger charge is -2.08. The van der Waals surface area contributed by atoms with Gasteiger partial charge in [-0.2, -0.15) is 8.42 Å². The minimum Gasteiger partial charge on any atom is -0.282 e. The summed E-state index contributed by atoms with van der Waals surface area (Å²) in [5.74, 6) is 0. The first-order valence-corrected chi connectivity index (χ1v) is 7.10. The van der Waals surface area contributed by atoms with Gasteiger partial charge < -0.3 is 0 Å². The van der Waals surface area contributed by atoms with Crippen LogP contribution in [0.4, 0.5) is 0 Å². The molecule has 0 aliphatic heterocycles. The molecule has 94 valence electrons. The molecule has 18 heavy (non-hydrogen) atoms. The van der Waals surface area contributed by atoms with Crippen molar-refractivity contribution in [3.63, 3.8) is 0 Å². The molecule has 0 spiro atoms. The summed E-state index contributed by atoms with van der Waals surface area (Å²) in [6, 6.07) is 10.7. The molecule has 0 aromatic heterocycles. The van der Waals surface area contributed by atoms with Crippen molar-refractivity contribution in [1.29, 1.82) is 0 Å². The van der Waals surface area contributed by atoms with Gasteiger partial charge in [0.05, 0.1) is 0 Å². The van der Waals surface area contributed by atoms with Crippen LogP contribution in [0.15, 0.2) is 47.4 Å². The number of rotatable bonds is 2. The Morgan fingerprint density at radius 2 is 1.44 bits per heavy atom. The maximum Gasteiger partial charge on any atom is 0.295 e.